The van der Waals surface area contributed by atoms with Crippen molar-refractivity contribution < 1.29 is 0 Å². The van der Waals surface area contributed by atoms with E-state index >= 15 is 0 Å². The molecule has 1 atom stereocenters. The first-order valence-corrected chi connectivity index (χ1v) is 5.79. The average molecular weight is 206 g/mol. The lowest BCUT2D eigenvalue weighted by Crippen LogP contribution is -2.26. The third-order valence-electron chi connectivity index (χ3n) is 3.55. The van der Waals surface area contributed by atoms with Crippen LogP contribution in [0.15, 0.2) is 6.20 Å². The normalized spacial score (nSPS) is 26.9. The largest absolute Gasteiger partial charge is 0.312 e. The summed E-state index contributed by atoms with van der Waals surface area (Å²) in [6.45, 7) is 4.46. The van der Waals surface area contributed by atoms with Gasteiger partial charge in [-0.2, -0.15) is 5.10 Å². The predicted molar refractivity (Wildman–Crippen MR) is 58.8 cm³/mol. The molecule has 1 aromatic heterocycles. The number of fused-ring (bicyclic) bond motifs is 1. The first-order chi connectivity index (χ1) is 7.34. The van der Waals surface area contributed by atoms with E-state index in [9.17, 15) is 0 Å². The molecule has 0 spiro atoms. The fourth-order valence-electron chi connectivity index (χ4n) is 2.70. The first kappa shape index (κ1) is 9.36. The Balaban J connectivity index is 1.88. The summed E-state index contributed by atoms with van der Waals surface area (Å²) in [6.07, 6.45) is 4.42. The number of nitrogens with zero attached hydrogens (tertiary/aromatic N) is 3. The topological polar surface area (TPSA) is 33.1 Å². The van der Waals surface area contributed by atoms with Crippen molar-refractivity contribution in [3.8, 4) is 0 Å². The molecule has 1 aromatic rings. The minimum absolute atomic E-state index is 0.608. The van der Waals surface area contributed by atoms with Crippen LogP contribution in [0.3, 0.4) is 0 Å². The maximum Gasteiger partial charge on any atom is 0.0661 e. The molecule has 1 unspecified atom stereocenters. The van der Waals surface area contributed by atoms with E-state index in [-0.39, 0.29) is 0 Å². The van der Waals surface area contributed by atoms with Gasteiger partial charge in [-0.15, -0.1) is 0 Å². The molecule has 0 amide bonds. The number of nitrogens with one attached hydrogen (secondary N) is 1. The highest BCUT2D eigenvalue weighted by atomic mass is 15.3. The van der Waals surface area contributed by atoms with Gasteiger partial charge in [-0.3, -0.25) is 4.68 Å². The Morgan fingerprint density at radius 2 is 2.47 bits per heavy atom. The van der Waals surface area contributed by atoms with Crippen molar-refractivity contribution in [1.29, 1.82) is 0 Å². The Hall–Kier alpha value is -0.870. The fraction of sp³-hybridized carbons (Fsp3) is 0.727. The van der Waals surface area contributed by atoms with Gasteiger partial charge in [0, 0.05) is 37.3 Å². The smallest absolute Gasteiger partial charge is 0.0661 e. The van der Waals surface area contributed by atoms with Crippen molar-refractivity contribution in [3.05, 3.63) is 17.5 Å². The van der Waals surface area contributed by atoms with Crippen molar-refractivity contribution in [2.24, 2.45) is 0 Å². The second-order valence-electron chi connectivity index (χ2n) is 4.69. The maximum atomic E-state index is 4.56. The Morgan fingerprint density at radius 3 is 3.27 bits per heavy atom. The van der Waals surface area contributed by atoms with Gasteiger partial charge in [0.25, 0.3) is 0 Å². The molecule has 82 valence electrons. The predicted octanol–water partition coefficient (Wildman–Crippen LogP) is 0.405. The summed E-state index contributed by atoms with van der Waals surface area (Å²) in [4.78, 5) is 2.39. The second kappa shape index (κ2) is 3.61. The number of rotatable bonds is 1. The van der Waals surface area contributed by atoms with E-state index in [1.54, 1.807) is 0 Å². The number of likely N-dealkylation sites (N-methyl/N-ethyl adjacent to an activating group) is 1. The highest BCUT2D eigenvalue weighted by Gasteiger charge is 2.25. The van der Waals surface area contributed by atoms with Crippen LogP contribution < -0.4 is 5.32 Å². The van der Waals surface area contributed by atoms with Crippen LogP contribution in [-0.2, 0) is 13.0 Å². The Labute approximate surface area is 90.3 Å². The summed E-state index contributed by atoms with van der Waals surface area (Å²) in [5, 5.41) is 7.95. The summed E-state index contributed by atoms with van der Waals surface area (Å²) in [6, 6.07) is 0.608. The molecule has 0 bridgehead atoms. The maximum absolute atomic E-state index is 4.56. The zero-order valence-electron chi connectivity index (χ0n) is 9.24. The fourth-order valence-corrected chi connectivity index (χ4v) is 2.70. The molecule has 0 radical (unpaired) electrons. The molecule has 15 heavy (non-hydrogen) atoms. The quantitative estimate of drug-likeness (QED) is 0.722. The van der Waals surface area contributed by atoms with E-state index in [1.165, 1.54) is 24.2 Å². The molecule has 1 fully saturated rings. The van der Waals surface area contributed by atoms with Gasteiger partial charge >= 0.3 is 0 Å². The molecule has 3 rings (SSSR count). The Kier molecular flexibility index (Phi) is 2.25. The number of hydrogen-bond donors (Lipinski definition) is 1. The van der Waals surface area contributed by atoms with Crippen molar-refractivity contribution in [1.82, 2.24) is 20.0 Å². The molecule has 4 nitrogen and oxygen atoms in total. The van der Waals surface area contributed by atoms with Crippen LogP contribution in [0.2, 0.25) is 0 Å². The Bertz CT molecular complexity index is 357. The van der Waals surface area contributed by atoms with Gasteiger partial charge in [-0.1, -0.05) is 0 Å². The van der Waals surface area contributed by atoms with Crippen molar-refractivity contribution >= 4 is 0 Å². The molecular formula is C11H18N4. The van der Waals surface area contributed by atoms with Gasteiger partial charge in [-0.25, -0.2) is 0 Å². The lowest BCUT2D eigenvalue weighted by atomic mass is 10.1. The summed E-state index contributed by atoms with van der Waals surface area (Å²) in [7, 11) is 2.19. The van der Waals surface area contributed by atoms with E-state index in [0.717, 1.165) is 26.1 Å². The highest BCUT2D eigenvalue weighted by molar-refractivity contribution is 5.21. The Morgan fingerprint density at radius 1 is 1.53 bits per heavy atom. The van der Waals surface area contributed by atoms with Crippen LogP contribution in [0.25, 0.3) is 0 Å². The molecular weight excluding hydrogens is 188 g/mol. The highest BCUT2D eigenvalue weighted by Crippen LogP contribution is 2.24. The van der Waals surface area contributed by atoms with Crippen LogP contribution in [-0.4, -0.2) is 41.4 Å². The first-order valence-electron chi connectivity index (χ1n) is 5.79. The average Bonchev–Trinajstić information content (AvgIpc) is 2.83. The van der Waals surface area contributed by atoms with Crippen LogP contribution in [0.5, 0.6) is 0 Å². The number of likely N-dealkylation sites (tertiary alicyclic amines) is 1. The van der Waals surface area contributed by atoms with E-state index in [1.807, 2.05) is 6.20 Å². The zero-order chi connectivity index (χ0) is 10.3. The molecule has 0 aliphatic carbocycles. The van der Waals surface area contributed by atoms with Gasteiger partial charge in [0.2, 0.25) is 0 Å². The second-order valence-corrected chi connectivity index (χ2v) is 4.69. The van der Waals surface area contributed by atoms with Crippen LogP contribution in [0.4, 0.5) is 0 Å². The molecule has 3 heterocycles. The monoisotopic (exact) mass is 206 g/mol. The standard InChI is InChI=1S/C11H18N4/c1-14-5-3-10(8-14)15-11-2-4-12-6-9(11)7-13-15/h7,10,12H,2-6,8H2,1H3. The SMILES string of the molecule is CN1CCC(n2ncc3c2CCNC3)C1. The molecule has 2 aliphatic rings. The lowest BCUT2D eigenvalue weighted by Gasteiger charge is -2.19. The molecule has 0 saturated carbocycles. The summed E-state index contributed by atoms with van der Waals surface area (Å²) in [5.41, 5.74) is 2.87. The van der Waals surface area contributed by atoms with Gasteiger partial charge < -0.3 is 10.2 Å². The number of hydrogen-bond acceptors (Lipinski definition) is 3. The summed E-state index contributed by atoms with van der Waals surface area (Å²) in [5.74, 6) is 0. The minimum atomic E-state index is 0.608. The molecule has 4 heteroatoms. The van der Waals surface area contributed by atoms with E-state index in [4.69, 9.17) is 0 Å². The summed E-state index contributed by atoms with van der Waals surface area (Å²) >= 11 is 0. The van der Waals surface area contributed by atoms with Crippen molar-refractivity contribution in [3.63, 3.8) is 0 Å². The molecule has 2 aliphatic heterocycles. The lowest BCUT2D eigenvalue weighted by molar-refractivity contribution is 0.376. The van der Waals surface area contributed by atoms with Gasteiger partial charge in [0.05, 0.1) is 12.2 Å². The van der Waals surface area contributed by atoms with Crippen LogP contribution in [0, 0.1) is 0 Å². The third kappa shape index (κ3) is 1.58. The van der Waals surface area contributed by atoms with E-state index < -0.39 is 0 Å². The van der Waals surface area contributed by atoms with Crippen LogP contribution >= 0.6 is 0 Å². The van der Waals surface area contributed by atoms with Gasteiger partial charge in [0.15, 0.2) is 0 Å². The van der Waals surface area contributed by atoms with Gasteiger partial charge in [0.1, 0.15) is 0 Å². The van der Waals surface area contributed by atoms with E-state index in [0.29, 0.717) is 6.04 Å². The van der Waals surface area contributed by atoms with Crippen molar-refractivity contribution in [2.75, 3.05) is 26.7 Å². The van der Waals surface area contributed by atoms with Crippen molar-refractivity contribution in [2.45, 2.75) is 25.4 Å². The van der Waals surface area contributed by atoms with E-state index in [2.05, 4.69) is 27.0 Å². The molecule has 1 saturated heterocycles. The molecule has 0 aromatic carbocycles. The third-order valence-corrected chi connectivity index (χ3v) is 3.55. The minimum Gasteiger partial charge on any atom is -0.312 e. The molecule has 1 N–H and O–H groups in total. The van der Waals surface area contributed by atoms with Gasteiger partial charge in [-0.05, 0) is 20.0 Å². The van der Waals surface area contributed by atoms with Crippen LogP contribution in [0.1, 0.15) is 23.7 Å². The summed E-state index contributed by atoms with van der Waals surface area (Å²) < 4.78 is 2.28. The zero-order valence-corrected chi connectivity index (χ0v) is 9.24. The number of aromatic nitrogens is 2.